The van der Waals surface area contributed by atoms with Gasteiger partial charge < -0.3 is 19.3 Å². The average molecular weight is 327 g/mol. The van der Waals surface area contributed by atoms with Gasteiger partial charge in [0.15, 0.2) is 6.29 Å². The first kappa shape index (κ1) is 17.2. The van der Waals surface area contributed by atoms with E-state index in [0.29, 0.717) is 0 Å². The Kier molecular flexibility index (Phi) is 5.53. The van der Waals surface area contributed by atoms with Crippen molar-refractivity contribution in [1.29, 1.82) is 0 Å². The number of nitrogens with zero attached hydrogens (tertiary/aromatic N) is 4. The van der Waals surface area contributed by atoms with Crippen molar-refractivity contribution in [3.8, 4) is 0 Å². The molecule has 0 aromatic carbocycles. The quantitative estimate of drug-likeness (QED) is 0.300. The zero-order chi connectivity index (χ0) is 17.0. The molecule has 1 aromatic rings. The molecular weight excluding hydrogens is 310 g/mol. The highest BCUT2D eigenvalue weighted by Gasteiger charge is 2.48. The molecule has 2 rings (SSSR count). The second-order valence-electron chi connectivity index (χ2n) is 4.89. The minimum Gasteiger partial charge on any atom is -0.388 e. The van der Waals surface area contributed by atoms with E-state index in [-0.39, 0.29) is 6.54 Å². The smallest absolute Gasteiger partial charge is 0.328 e. The summed E-state index contributed by atoms with van der Waals surface area (Å²) in [5.74, 6) is 0. The molecule has 0 unspecified atom stereocenters. The normalized spacial score (nSPS) is 27.1. The summed E-state index contributed by atoms with van der Waals surface area (Å²) in [6, 6.07) is 0.276. The molecule has 4 atom stereocenters. The third-order valence-electron chi connectivity index (χ3n) is 3.63. The van der Waals surface area contributed by atoms with E-state index in [4.69, 9.17) is 19.7 Å². The second kappa shape index (κ2) is 7.40. The van der Waals surface area contributed by atoms with Crippen molar-refractivity contribution in [1.82, 2.24) is 9.55 Å². The number of nitrogens with one attached hydrogen (secondary N) is 1. The van der Waals surface area contributed by atoms with Gasteiger partial charge in [0.05, 0.1) is 18.7 Å². The van der Waals surface area contributed by atoms with Gasteiger partial charge in [-0.2, -0.15) is 0 Å². The first-order valence-electron chi connectivity index (χ1n) is 6.75. The van der Waals surface area contributed by atoms with Crippen LogP contribution in [0.25, 0.3) is 10.4 Å². The minimum atomic E-state index is -1.18. The van der Waals surface area contributed by atoms with Crippen LogP contribution in [0.5, 0.6) is 0 Å². The fraction of sp³-hybridized carbons (Fsp3) is 0.667. The number of ether oxygens (including phenoxy) is 3. The molecule has 0 saturated carbocycles. The molecule has 0 bridgehead atoms. The monoisotopic (exact) mass is 327 g/mol. The lowest BCUT2D eigenvalue weighted by atomic mass is 10.0. The molecule has 0 radical (unpaired) electrons. The van der Waals surface area contributed by atoms with Crippen LogP contribution in [0.15, 0.2) is 27.0 Å². The lowest BCUT2D eigenvalue weighted by Crippen LogP contribution is -2.42. The number of hydrogen-bond acceptors (Lipinski definition) is 7. The van der Waals surface area contributed by atoms with Gasteiger partial charge in [-0.15, -0.1) is 0 Å². The van der Waals surface area contributed by atoms with E-state index >= 15 is 0 Å². The van der Waals surface area contributed by atoms with Gasteiger partial charge in [0.1, 0.15) is 12.2 Å². The van der Waals surface area contributed by atoms with Crippen molar-refractivity contribution < 1.29 is 19.3 Å². The first-order chi connectivity index (χ1) is 11.0. The average Bonchev–Trinajstić information content (AvgIpc) is 2.84. The Labute approximate surface area is 130 Å². The van der Waals surface area contributed by atoms with Crippen molar-refractivity contribution in [2.24, 2.45) is 5.11 Å². The molecule has 126 valence electrons. The largest absolute Gasteiger partial charge is 0.388 e. The van der Waals surface area contributed by atoms with E-state index in [2.05, 4.69) is 15.0 Å². The predicted octanol–water partition coefficient (Wildman–Crippen LogP) is -0.865. The Balaban J connectivity index is 2.41. The van der Waals surface area contributed by atoms with Crippen molar-refractivity contribution in [3.63, 3.8) is 0 Å². The highest BCUT2D eigenvalue weighted by Crippen LogP contribution is 2.33. The third-order valence-corrected chi connectivity index (χ3v) is 3.63. The van der Waals surface area contributed by atoms with Gasteiger partial charge in [-0.1, -0.05) is 5.11 Å². The van der Waals surface area contributed by atoms with Crippen LogP contribution in [-0.2, 0) is 14.2 Å². The predicted molar refractivity (Wildman–Crippen MR) is 76.8 cm³/mol. The number of aromatic amines is 1. The van der Waals surface area contributed by atoms with E-state index in [9.17, 15) is 14.7 Å². The number of methoxy groups -OCH3 is 2. The standard InChI is InChI=1S/C12H17N5O6/c1-21-11(22-2)10-9(19)8(6(23-10)5-14-16-13)17-4-3-7(18)15-12(17)20/h3-4,6,8-11,19H,5H2,1-2H3,(H,15,18,20)/t6-,8-,9+,10+/m0/s1. The molecule has 1 saturated heterocycles. The molecule has 1 aromatic heterocycles. The van der Waals surface area contributed by atoms with Gasteiger partial charge in [-0.05, 0) is 5.53 Å². The van der Waals surface area contributed by atoms with Crippen molar-refractivity contribution in [2.75, 3.05) is 20.8 Å². The number of H-pyrrole nitrogens is 1. The fourth-order valence-electron chi connectivity index (χ4n) is 2.64. The molecule has 1 aliphatic heterocycles. The van der Waals surface area contributed by atoms with Crippen LogP contribution in [-0.4, -0.2) is 60.0 Å². The molecule has 0 spiro atoms. The van der Waals surface area contributed by atoms with E-state index < -0.39 is 41.9 Å². The summed E-state index contributed by atoms with van der Waals surface area (Å²) in [7, 11) is 2.76. The number of rotatable bonds is 6. The third kappa shape index (κ3) is 3.44. The zero-order valence-electron chi connectivity index (χ0n) is 12.5. The van der Waals surface area contributed by atoms with Crippen LogP contribution in [0.3, 0.4) is 0 Å². The van der Waals surface area contributed by atoms with E-state index in [1.165, 1.54) is 20.4 Å². The fourth-order valence-corrected chi connectivity index (χ4v) is 2.64. The number of hydrogen-bond donors (Lipinski definition) is 2. The Bertz CT molecular complexity index is 692. The maximum atomic E-state index is 12.0. The SMILES string of the molecule is COC(OC)[C@@H]1O[C@@H](CN=[N+]=[N-])[C@H](n2ccc(=O)[nH]c2=O)[C@H]1O. The molecule has 11 heteroatoms. The van der Waals surface area contributed by atoms with Gasteiger partial charge in [-0.3, -0.25) is 14.3 Å². The maximum Gasteiger partial charge on any atom is 0.328 e. The Morgan fingerprint density at radius 3 is 2.78 bits per heavy atom. The van der Waals surface area contributed by atoms with Crippen molar-refractivity contribution >= 4 is 0 Å². The molecular formula is C12H17N5O6. The van der Waals surface area contributed by atoms with Crippen LogP contribution in [0.4, 0.5) is 0 Å². The van der Waals surface area contributed by atoms with Gasteiger partial charge in [0, 0.05) is 31.4 Å². The lowest BCUT2D eigenvalue weighted by molar-refractivity contribution is -0.191. The van der Waals surface area contributed by atoms with Gasteiger partial charge in [0.25, 0.3) is 5.56 Å². The van der Waals surface area contributed by atoms with Crippen molar-refractivity contribution in [2.45, 2.75) is 30.6 Å². The van der Waals surface area contributed by atoms with Crippen LogP contribution in [0, 0.1) is 0 Å². The van der Waals surface area contributed by atoms with Crippen LogP contribution in [0.2, 0.25) is 0 Å². The summed E-state index contributed by atoms with van der Waals surface area (Å²) in [5.41, 5.74) is 7.22. The summed E-state index contributed by atoms with van der Waals surface area (Å²) in [4.78, 5) is 27.9. The topological polar surface area (TPSA) is 152 Å². The second-order valence-corrected chi connectivity index (χ2v) is 4.89. The maximum absolute atomic E-state index is 12.0. The molecule has 1 fully saturated rings. The Morgan fingerprint density at radius 2 is 2.22 bits per heavy atom. The number of aromatic nitrogens is 2. The first-order valence-corrected chi connectivity index (χ1v) is 6.75. The number of azide groups is 1. The molecule has 23 heavy (non-hydrogen) atoms. The zero-order valence-corrected chi connectivity index (χ0v) is 12.5. The molecule has 0 aliphatic carbocycles. The number of aliphatic hydroxyl groups excluding tert-OH is 1. The highest BCUT2D eigenvalue weighted by molar-refractivity contribution is 4.99. The van der Waals surface area contributed by atoms with E-state index in [1.807, 2.05) is 0 Å². The van der Waals surface area contributed by atoms with Crippen LogP contribution >= 0.6 is 0 Å². The van der Waals surface area contributed by atoms with Crippen LogP contribution < -0.4 is 11.2 Å². The summed E-state index contributed by atoms with van der Waals surface area (Å²) < 4.78 is 17.0. The van der Waals surface area contributed by atoms with E-state index in [0.717, 1.165) is 10.6 Å². The summed E-state index contributed by atoms with van der Waals surface area (Å²) in [6.07, 6.45) is -2.49. The van der Waals surface area contributed by atoms with Crippen molar-refractivity contribution in [3.05, 3.63) is 43.5 Å². The summed E-state index contributed by atoms with van der Waals surface area (Å²) >= 11 is 0. The molecule has 0 amide bonds. The molecule has 1 aliphatic rings. The van der Waals surface area contributed by atoms with Gasteiger partial charge in [-0.25, -0.2) is 4.79 Å². The minimum absolute atomic E-state index is 0.111. The Morgan fingerprint density at radius 1 is 1.52 bits per heavy atom. The van der Waals surface area contributed by atoms with Crippen LogP contribution in [0.1, 0.15) is 6.04 Å². The Hall–Kier alpha value is -2.17. The van der Waals surface area contributed by atoms with E-state index in [1.54, 1.807) is 0 Å². The molecule has 11 nitrogen and oxygen atoms in total. The van der Waals surface area contributed by atoms with Gasteiger partial charge >= 0.3 is 5.69 Å². The molecule has 2 N–H and O–H groups in total. The van der Waals surface area contributed by atoms with Gasteiger partial charge in [0.2, 0.25) is 0 Å². The lowest BCUT2D eigenvalue weighted by Gasteiger charge is -2.24. The summed E-state index contributed by atoms with van der Waals surface area (Å²) in [5, 5.41) is 14.0. The molecule has 2 heterocycles. The highest BCUT2D eigenvalue weighted by atomic mass is 16.7. The number of aliphatic hydroxyl groups is 1. The summed E-state index contributed by atoms with van der Waals surface area (Å²) in [6.45, 7) is -0.111.